The Morgan fingerprint density at radius 3 is 2.16 bits per heavy atom. The molecule has 0 aliphatic heterocycles. The molecule has 0 atom stereocenters. The zero-order chi connectivity index (χ0) is 14.0. The second-order valence-electron chi connectivity index (χ2n) is 4.36. The molecule has 0 saturated heterocycles. The van der Waals surface area contributed by atoms with Gasteiger partial charge in [0, 0.05) is 32.4 Å². The van der Waals surface area contributed by atoms with E-state index in [0.29, 0.717) is 5.82 Å². The third kappa shape index (κ3) is 2.14. The third-order valence-electron chi connectivity index (χ3n) is 2.95. The van der Waals surface area contributed by atoms with Crippen LogP contribution in [0.2, 0.25) is 0 Å². The van der Waals surface area contributed by atoms with E-state index in [-0.39, 0.29) is 11.4 Å². The molecule has 0 amide bonds. The molecule has 0 aliphatic rings. The molecule has 0 spiro atoms. The standard InChI is InChI=1S/C14H13N5/c1-18(2)11-6-4-10(5-7-11)14-17-12(8-15)13(9-16)19(14)3/h4-7H,1-3H3. The van der Waals surface area contributed by atoms with Gasteiger partial charge < -0.3 is 9.47 Å². The molecule has 1 heterocycles. The van der Waals surface area contributed by atoms with E-state index in [4.69, 9.17) is 10.5 Å². The topological polar surface area (TPSA) is 68.6 Å². The number of aromatic nitrogens is 2. The maximum absolute atomic E-state index is 9.04. The summed E-state index contributed by atoms with van der Waals surface area (Å²) in [6.45, 7) is 0. The zero-order valence-electron chi connectivity index (χ0n) is 11.0. The Morgan fingerprint density at radius 2 is 1.74 bits per heavy atom. The number of benzene rings is 1. The molecule has 19 heavy (non-hydrogen) atoms. The van der Waals surface area contributed by atoms with Crippen LogP contribution < -0.4 is 4.90 Å². The van der Waals surface area contributed by atoms with Crippen LogP contribution in [0.3, 0.4) is 0 Å². The van der Waals surface area contributed by atoms with Gasteiger partial charge in [-0.05, 0) is 24.3 Å². The van der Waals surface area contributed by atoms with E-state index in [1.54, 1.807) is 11.6 Å². The third-order valence-corrected chi connectivity index (χ3v) is 2.95. The molecule has 2 rings (SSSR count). The molecule has 0 unspecified atom stereocenters. The molecule has 94 valence electrons. The Morgan fingerprint density at radius 1 is 1.11 bits per heavy atom. The lowest BCUT2D eigenvalue weighted by atomic mass is 10.2. The molecule has 5 heteroatoms. The van der Waals surface area contributed by atoms with Crippen LogP contribution in [0.4, 0.5) is 5.69 Å². The summed E-state index contributed by atoms with van der Waals surface area (Å²) in [7, 11) is 5.68. The fraction of sp³-hybridized carbons (Fsp3) is 0.214. The number of imidazole rings is 1. The monoisotopic (exact) mass is 251 g/mol. The molecular formula is C14H13N5. The highest BCUT2D eigenvalue weighted by molar-refractivity contribution is 5.63. The van der Waals surface area contributed by atoms with E-state index in [1.165, 1.54) is 0 Å². The minimum Gasteiger partial charge on any atom is -0.378 e. The van der Waals surface area contributed by atoms with Gasteiger partial charge in [0.05, 0.1) is 0 Å². The first-order valence-corrected chi connectivity index (χ1v) is 5.73. The molecule has 5 nitrogen and oxygen atoms in total. The van der Waals surface area contributed by atoms with E-state index in [9.17, 15) is 0 Å². The average Bonchev–Trinajstić information content (AvgIpc) is 2.75. The Balaban J connectivity index is 2.52. The number of nitrogens with zero attached hydrogens (tertiary/aromatic N) is 5. The summed E-state index contributed by atoms with van der Waals surface area (Å²) in [6, 6.07) is 11.8. The summed E-state index contributed by atoms with van der Waals surface area (Å²) in [5.41, 5.74) is 2.41. The molecule has 0 radical (unpaired) electrons. The lowest BCUT2D eigenvalue weighted by Gasteiger charge is -2.12. The van der Waals surface area contributed by atoms with Crippen molar-refractivity contribution in [2.45, 2.75) is 0 Å². The Hall–Kier alpha value is -2.79. The summed E-state index contributed by atoms with van der Waals surface area (Å²) in [5, 5.41) is 18.0. The summed E-state index contributed by atoms with van der Waals surface area (Å²) in [4.78, 5) is 6.21. The lowest BCUT2D eigenvalue weighted by Crippen LogP contribution is -2.08. The summed E-state index contributed by atoms with van der Waals surface area (Å²) in [6.07, 6.45) is 0. The number of rotatable bonds is 2. The van der Waals surface area contributed by atoms with Crippen LogP contribution in [-0.2, 0) is 7.05 Å². The Labute approximate surface area is 111 Å². The molecule has 1 aromatic carbocycles. The Bertz CT molecular complexity index is 680. The van der Waals surface area contributed by atoms with Gasteiger partial charge in [-0.25, -0.2) is 4.98 Å². The van der Waals surface area contributed by atoms with Crippen LogP contribution in [0.5, 0.6) is 0 Å². The fourth-order valence-electron chi connectivity index (χ4n) is 1.87. The van der Waals surface area contributed by atoms with Crippen molar-refractivity contribution < 1.29 is 0 Å². The summed E-state index contributed by atoms with van der Waals surface area (Å²) in [5.74, 6) is 0.624. The summed E-state index contributed by atoms with van der Waals surface area (Å²) >= 11 is 0. The first-order chi connectivity index (χ1) is 9.08. The number of hydrogen-bond acceptors (Lipinski definition) is 4. The summed E-state index contributed by atoms with van der Waals surface area (Å²) < 4.78 is 1.64. The minimum atomic E-state index is 0.164. The van der Waals surface area contributed by atoms with Gasteiger partial charge in [-0.1, -0.05) is 0 Å². The van der Waals surface area contributed by atoms with Crippen LogP contribution in [0.15, 0.2) is 24.3 Å². The van der Waals surface area contributed by atoms with Crippen molar-refractivity contribution in [1.82, 2.24) is 9.55 Å². The van der Waals surface area contributed by atoms with Gasteiger partial charge >= 0.3 is 0 Å². The largest absolute Gasteiger partial charge is 0.378 e. The van der Waals surface area contributed by atoms with Gasteiger partial charge in [0.2, 0.25) is 0 Å². The molecular weight excluding hydrogens is 238 g/mol. The van der Waals surface area contributed by atoms with Gasteiger partial charge in [-0.3, -0.25) is 0 Å². The molecule has 0 fully saturated rings. The van der Waals surface area contributed by atoms with Crippen LogP contribution in [0, 0.1) is 22.7 Å². The van der Waals surface area contributed by atoms with E-state index in [1.807, 2.05) is 55.4 Å². The van der Waals surface area contributed by atoms with Crippen molar-refractivity contribution in [2.24, 2.45) is 7.05 Å². The highest BCUT2D eigenvalue weighted by atomic mass is 15.1. The second kappa shape index (κ2) is 4.83. The van der Waals surface area contributed by atoms with Crippen molar-refractivity contribution in [2.75, 3.05) is 19.0 Å². The quantitative estimate of drug-likeness (QED) is 0.817. The van der Waals surface area contributed by atoms with Gasteiger partial charge in [-0.15, -0.1) is 0 Å². The van der Waals surface area contributed by atoms with Crippen molar-refractivity contribution in [3.8, 4) is 23.5 Å². The van der Waals surface area contributed by atoms with E-state index in [0.717, 1.165) is 11.3 Å². The lowest BCUT2D eigenvalue weighted by molar-refractivity contribution is 0.907. The van der Waals surface area contributed by atoms with Gasteiger partial charge in [-0.2, -0.15) is 10.5 Å². The number of hydrogen-bond donors (Lipinski definition) is 0. The fourth-order valence-corrected chi connectivity index (χ4v) is 1.87. The predicted octanol–water partition coefficient (Wildman–Crippen LogP) is 1.90. The molecule has 0 aliphatic carbocycles. The molecule has 1 aromatic heterocycles. The average molecular weight is 251 g/mol. The van der Waals surface area contributed by atoms with Crippen molar-refractivity contribution in [3.05, 3.63) is 35.7 Å². The highest BCUT2D eigenvalue weighted by Gasteiger charge is 2.15. The van der Waals surface area contributed by atoms with E-state index < -0.39 is 0 Å². The van der Waals surface area contributed by atoms with Gasteiger partial charge in [0.25, 0.3) is 0 Å². The first kappa shape index (κ1) is 12.7. The van der Waals surface area contributed by atoms with Crippen LogP contribution in [-0.4, -0.2) is 23.6 Å². The molecule has 2 aromatic rings. The zero-order valence-corrected chi connectivity index (χ0v) is 11.0. The van der Waals surface area contributed by atoms with Gasteiger partial charge in [0.1, 0.15) is 18.0 Å². The number of nitriles is 2. The van der Waals surface area contributed by atoms with Gasteiger partial charge in [0.15, 0.2) is 11.4 Å². The van der Waals surface area contributed by atoms with Crippen LogP contribution in [0.25, 0.3) is 11.4 Å². The van der Waals surface area contributed by atoms with Crippen molar-refractivity contribution in [3.63, 3.8) is 0 Å². The number of anilines is 1. The van der Waals surface area contributed by atoms with E-state index in [2.05, 4.69) is 4.98 Å². The highest BCUT2D eigenvalue weighted by Crippen LogP contribution is 2.23. The maximum Gasteiger partial charge on any atom is 0.177 e. The van der Waals surface area contributed by atoms with Crippen molar-refractivity contribution in [1.29, 1.82) is 10.5 Å². The smallest absolute Gasteiger partial charge is 0.177 e. The maximum atomic E-state index is 9.04. The SMILES string of the molecule is CN(C)c1ccc(-c2nc(C#N)c(C#N)n2C)cc1. The van der Waals surface area contributed by atoms with Crippen LogP contribution >= 0.6 is 0 Å². The van der Waals surface area contributed by atoms with E-state index >= 15 is 0 Å². The van der Waals surface area contributed by atoms with Crippen molar-refractivity contribution >= 4 is 5.69 Å². The Kier molecular flexibility index (Phi) is 3.22. The second-order valence-corrected chi connectivity index (χ2v) is 4.36. The predicted molar refractivity (Wildman–Crippen MR) is 72.4 cm³/mol. The molecule has 0 bridgehead atoms. The molecule has 0 saturated carbocycles. The minimum absolute atomic E-state index is 0.164. The van der Waals surface area contributed by atoms with Crippen LogP contribution in [0.1, 0.15) is 11.4 Å². The first-order valence-electron chi connectivity index (χ1n) is 5.73. The molecule has 0 N–H and O–H groups in total. The normalized spacial score (nSPS) is 9.74.